The molecule has 1 unspecified atom stereocenters. The van der Waals surface area contributed by atoms with Crippen molar-refractivity contribution in [1.29, 1.82) is 0 Å². The van der Waals surface area contributed by atoms with Gasteiger partial charge in [0.1, 0.15) is 5.92 Å². The maximum Gasteiger partial charge on any atom is 0.265 e. The second-order valence-corrected chi connectivity index (χ2v) is 10.5. The van der Waals surface area contributed by atoms with E-state index in [2.05, 4.69) is 38.7 Å². The molecule has 196 valence electrons. The Labute approximate surface area is 231 Å². The second-order valence-electron chi connectivity index (χ2n) is 9.59. The minimum Gasteiger partial charge on any atom is -0.378 e. The van der Waals surface area contributed by atoms with Crippen molar-refractivity contribution in [3.8, 4) is 0 Å². The van der Waals surface area contributed by atoms with Crippen LogP contribution in [0.15, 0.2) is 89.2 Å². The van der Waals surface area contributed by atoms with E-state index in [1.54, 1.807) is 6.21 Å². The summed E-state index contributed by atoms with van der Waals surface area (Å²) in [7, 11) is 0. The second kappa shape index (κ2) is 11.2. The Morgan fingerprint density at radius 1 is 1.03 bits per heavy atom. The lowest BCUT2D eigenvalue weighted by Crippen LogP contribution is -2.36. The molecule has 2 amide bonds. The Balaban J connectivity index is 1.15. The number of amides is 2. The predicted molar refractivity (Wildman–Crippen MR) is 157 cm³/mol. The average molecular weight is 537 g/mol. The van der Waals surface area contributed by atoms with Gasteiger partial charge < -0.3 is 20.3 Å². The van der Waals surface area contributed by atoms with Crippen LogP contribution in [0.4, 0.5) is 22.7 Å². The molecule has 0 bridgehead atoms. The fourth-order valence-corrected chi connectivity index (χ4v) is 5.54. The van der Waals surface area contributed by atoms with Gasteiger partial charge in [-0.1, -0.05) is 30.3 Å². The van der Waals surface area contributed by atoms with Crippen LogP contribution in [-0.2, 0) is 16.0 Å². The Hall–Kier alpha value is -4.27. The van der Waals surface area contributed by atoms with E-state index in [9.17, 15) is 9.59 Å². The van der Waals surface area contributed by atoms with Crippen LogP contribution in [-0.4, -0.2) is 44.3 Å². The highest BCUT2D eigenvalue weighted by Gasteiger charge is 2.29. The van der Waals surface area contributed by atoms with Gasteiger partial charge in [0.25, 0.3) is 5.91 Å². The molecular formula is C31H28N4O3S. The number of thiophene rings is 1. The van der Waals surface area contributed by atoms with Gasteiger partial charge >= 0.3 is 0 Å². The Bertz CT molecular complexity index is 1510. The Morgan fingerprint density at radius 2 is 1.85 bits per heavy atom. The summed E-state index contributed by atoms with van der Waals surface area (Å²) in [4.78, 5) is 32.8. The van der Waals surface area contributed by atoms with Gasteiger partial charge in [-0.25, -0.2) is 0 Å². The summed E-state index contributed by atoms with van der Waals surface area (Å²) in [5.41, 5.74) is 6.62. The molecule has 3 heterocycles. The number of carbonyl (C=O) groups excluding carboxylic acids is 2. The quantitative estimate of drug-likeness (QED) is 0.290. The van der Waals surface area contributed by atoms with Crippen LogP contribution in [0, 0.1) is 0 Å². The number of nitrogens with zero attached hydrogens (tertiary/aromatic N) is 2. The predicted octanol–water partition coefficient (Wildman–Crippen LogP) is 5.87. The number of ether oxygens (including phenoxy) is 1. The lowest BCUT2D eigenvalue weighted by molar-refractivity contribution is -0.115. The third kappa shape index (κ3) is 5.77. The van der Waals surface area contributed by atoms with Crippen LogP contribution in [0.25, 0.3) is 0 Å². The van der Waals surface area contributed by atoms with Crippen LogP contribution in [0.1, 0.15) is 32.3 Å². The molecule has 1 fully saturated rings. The molecule has 2 aliphatic heterocycles. The first-order valence-corrected chi connectivity index (χ1v) is 13.8. The van der Waals surface area contributed by atoms with Crippen molar-refractivity contribution in [2.75, 3.05) is 41.8 Å². The van der Waals surface area contributed by atoms with Crippen LogP contribution < -0.4 is 15.5 Å². The molecule has 39 heavy (non-hydrogen) atoms. The van der Waals surface area contributed by atoms with Crippen molar-refractivity contribution in [3.05, 3.63) is 106 Å². The summed E-state index contributed by atoms with van der Waals surface area (Å²) < 4.78 is 5.43. The monoisotopic (exact) mass is 536 g/mol. The SMILES string of the molecule is O=C(Nc1cccc(Cc2ccc3c(c2)C(C=Nc2ccc(N4CCOCC4)cc2)C(=O)N3)c1)c1cccs1. The third-order valence-corrected chi connectivity index (χ3v) is 7.80. The molecule has 3 aromatic carbocycles. The van der Waals surface area contributed by atoms with Gasteiger partial charge in [-0.15, -0.1) is 11.3 Å². The number of hydrogen-bond donors (Lipinski definition) is 2. The van der Waals surface area contributed by atoms with Crippen LogP contribution >= 0.6 is 11.3 Å². The minimum atomic E-state index is -0.449. The van der Waals surface area contributed by atoms with E-state index in [1.807, 2.05) is 66.0 Å². The number of anilines is 3. The van der Waals surface area contributed by atoms with E-state index < -0.39 is 5.92 Å². The Morgan fingerprint density at radius 3 is 2.64 bits per heavy atom. The molecule has 0 spiro atoms. The molecule has 4 aromatic rings. The first-order chi connectivity index (χ1) is 19.1. The highest BCUT2D eigenvalue weighted by molar-refractivity contribution is 7.12. The highest BCUT2D eigenvalue weighted by Crippen LogP contribution is 2.33. The summed E-state index contributed by atoms with van der Waals surface area (Å²) >= 11 is 1.42. The number of carbonyl (C=O) groups is 2. The van der Waals surface area contributed by atoms with E-state index in [0.717, 1.165) is 65.7 Å². The van der Waals surface area contributed by atoms with Crippen molar-refractivity contribution in [2.45, 2.75) is 12.3 Å². The van der Waals surface area contributed by atoms with Gasteiger partial charge in [0.15, 0.2) is 0 Å². The molecule has 2 aliphatic rings. The van der Waals surface area contributed by atoms with Crippen molar-refractivity contribution >= 4 is 52.1 Å². The lowest BCUT2D eigenvalue weighted by Gasteiger charge is -2.28. The van der Waals surface area contributed by atoms with E-state index in [4.69, 9.17) is 4.74 Å². The maximum atomic E-state index is 12.8. The molecule has 0 aliphatic carbocycles. The fraction of sp³-hybridized carbons (Fsp3) is 0.194. The number of fused-ring (bicyclic) bond motifs is 1. The summed E-state index contributed by atoms with van der Waals surface area (Å²) in [6.45, 7) is 3.27. The lowest BCUT2D eigenvalue weighted by atomic mass is 9.96. The molecule has 1 atom stereocenters. The van der Waals surface area contributed by atoms with Crippen LogP contribution in [0.5, 0.6) is 0 Å². The molecule has 0 radical (unpaired) electrons. The number of aliphatic imine (C=N–C) groups is 1. The van der Waals surface area contributed by atoms with E-state index in [-0.39, 0.29) is 11.8 Å². The highest BCUT2D eigenvalue weighted by atomic mass is 32.1. The topological polar surface area (TPSA) is 83.0 Å². The number of nitrogens with one attached hydrogen (secondary N) is 2. The molecule has 0 saturated carbocycles. The minimum absolute atomic E-state index is 0.0749. The molecule has 1 saturated heterocycles. The van der Waals surface area contributed by atoms with Gasteiger partial charge in [0.2, 0.25) is 5.91 Å². The molecule has 1 aromatic heterocycles. The van der Waals surface area contributed by atoms with E-state index in [1.165, 1.54) is 11.3 Å². The van der Waals surface area contributed by atoms with Crippen LogP contribution in [0.3, 0.4) is 0 Å². The molecular weight excluding hydrogens is 508 g/mol. The summed E-state index contributed by atoms with van der Waals surface area (Å²) in [6.07, 6.45) is 2.41. The average Bonchev–Trinajstić information content (AvgIpc) is 3.61. The Kier molecular flexibility index (Phi) is 7.21. The van der Waals surface area contributed by atoms with Crippen molar-refractivity contribution in [1.82, 2.24) is 0 Å². The maximum absolute atomic E-state index is 12.8. The van der Waals surface area contributed by atoms with Gasteiger partial charge in [-0.05, 0) is 77.0 Å². The van der Waals surface area contributed by atoms with Gasteiger partial charge in [-0.3, -0.25) is 14.6 Å². The molecule has 8 heteroatoms. The van der Waals surface area contributed by atoms with Gasteiger partial charge in [0.05, 0.1) is 23.8 Å². The smallest absolute Gasteiger partial charge is 0.265 e. The number of rotatable bonds is 7. The zero-order valence-electron chi connectivity index (χ0n) is 21.3. The summed E-state index contributed by atoms with van der Waals surface area (Å²) in [5, 5.41) is 7.83. The number of benzene rings is 3. The number of hydrogen-bond acceptors (Lipinski definition) is 6. The van der Waals surface area contributed by atoms with Gasteiger partial charge in [0, 0.05) is 36.4 Å². The molecule has 7 nitrogen and oxygen atoms in total. The summed E-state index contributed by atoms with van der Waals surface area (Å²) in [6, 6.07) is 25.7. The standard InChI is InChI=1S/C31H28N4O3S/c36-30-27(20-32-23-7-9-25(10-8-23)35-12-14-38-15-13-35)26-19-22(6-11-28(26)34-30)17-21-3-1-4-24(18-21)33-31(37)29-5-2-16-39-29/h1-11,16,18-20,27H,12-15,17H2,(H,33,37)(H,34,36). The van der Waals surface area contributed by atoms with E-state index in [0.29, 0.717) is 11.3 Å². The third-order valence-electron chi connectivity index (χ3n) is 6.93. The summed E-state index contributed by atoms with van der Waals surface area (Å²) in [5.74, 6) is -0.633. The zero-order chi connectivity index (χ0) is 26.6. The van der Waals surface area contributed by atoms with Crippen molar-refractivity contribution in [3.63, 3.8) is 0 Å². The number of morpholine rings is 1. The first-order valence-electron chi connectivity index (χ1n) is 13.0. The van der Waals surface area contributed by atoms with E-state index >= 15 is 0 Å². The largest absolute Gasteiger partial charge is 0.378 e. The first kappa shape index (κ1) is 25.0. The van der Waals surface area contributed by atoms with Crippen molar-refractivity contribution < 1.29 is 14.3 Å². The van der Waals surface area contributed by atoms with Crippen molar-refractivity contribution in [2.24, 2.45) is 4.99 Å². The fourth-order valence-electron chi connectivity index (χ4n) is 4.92. The normalized spacial score (nSPS) is 16.8. The zero-order valence-corrected chi connectivity index (χ0v) is 22.1. The molecule has 2 N–H and O–H groups in total. The van der Waals surface area contributed by atoms with Crippen LogP contribution in [0.2, 0.25) is 0 Å². The molecule has 6 rings (SSSR count). The van der Waals surface area contributed by atoms with Gasteiger partial charge in [-0.2, -0.15) is 0 Å².